The van der Waals surface area contributed by atoms with Crippen molar-refractivity contribution in [2.45, 2.75) is 38.6 Å². The molecule has 0 aliphatic carbocycles. The molecule has 0 radical (unpaired) electrons. The molecule has 1 fully saturated rings. The van der Waals surface area contributed by atoms with Crippen molar-refractivity contribution in [1.29, 1.82) is 0 Å². The number of carbonyl (C=O) groups is 3. The van der Waals surface area contributed by atoms with Crippen molar-refractivity contribution in [3.05, 3.63) is 29.3 Å². The zero-order valence-electron chi connectivity index (χ0n) is 14.3. The van der Waals surface area contributed by atoms with Gasteiger partial charge in [0.2, 0.25) is 5.91 Å². The number of rotatable bonds is 7. The Hall–Kier alpha value is -2.08. The second kappa shape index (κ2) is 9.42. The molecule has 0 spiro atoms. The summed E-state index contributed by atoms with van der Waals surface area (Å²) in [6, 6.07) is 6.86. The zero-order valence-corrected chi connectivity index (χ0v) is 15.1. The standard InChI is InChI=1S/C18H23ClN2O4/c1-13(22)2-7-18(24)21-10-8-15(9-11-21)20-17(23)12-25-16-5-3-14(19)4-6-16/h3-6,15H,2,7-12H2,1H3,(H,20,23). The van der Waals surface area contributed by atoms with Gasteiger partial charge in [-0.2, -0.15) is 0 Å². The zero-order chi connectivity index (χ0) is 18.2. The van der Waals surface area contributed by atoms with E-state index in [1.54, 1.807) is 29.2 Å². The van der Waals surface area contributed by atoms with Crippen LogP contribution in [0.3, 0.4) is 0 Å². The number of amides is 2. The number of Topliss-reactive ketones (excluding diaryl/α,β-unsaturated/α-hetero) is 1. The summed E-state index contributed by atoms with van der Waals surface area (Å²) in [5.74, 6) is 0.434. The number of nitrogens with zero attached hydrogens (tertiary/aromatic N) is 1. The Morgan fingerprint density at radius 1 is 1.16 bits per heavy atom. The first-order chi connectivity index (χ1) is 11.9. The minimum absolute atomic E-state index is 0.00560. The molecule has 2 amide bonds. The Morgan fingerprint density at radius 3 is 2.40 bits per heavy atom. The van der Waals surface area contributed by atoms with E-state index in [-0.39, 0.29) is 43.1 Å². The van der Waals surface area contributed by atoms with Crippen LogP contribution in [0.4, 0.5) is 0 Å². The van der Waals surface area contributed by atoms with Gasteiger partial charge >= 0.3 is 0 Å². The highest BCUT2D eigenvalue weighted by atomic mass is 35.5. The molecule has 0 atom stereocenters. The van der Waals surface area contributed by atoms with Gasteiger partial charge in [-0.25, -0.2) is 0 Å². The second-order valence-corrected chi connectivity index (χ2v) is 6.60. The van der Waals surface area contributed by atoms with Crippen molar-refractivity contribution >= 4 is 29.2 Å². The molecule has 1 saturated heterocycles. The summed E-state index contributed by atoms with van der Waals surface area (Å²) in [7, 11) is 0. The molecule has 7 heteroatoms. The van der Waals surface area contributed by atoms with Crippen LogP contribution in [0.15, 0.2) is 24.3 Å². The van der Waals surface area contributed by atoms with E-state index in [2.05, 4.69) is 5.32 Å². The molecule has 1 aliphatic rings. The van der Waals surface area contributed by atoms with Gasteiger partial charge in [0.25, 0.3) is 5.91 Å². The van der Waals surface area contributed by atoms with Crippen LogP contribution in [0.1, 0.15) is 32.6 Å². The number of likely N-dealkylation sites (tertiary alicyclic amines) is 1. The minimum atomic E-state index is -0.184. The average Bonchev–Trinajstić information content (AvgIpc) is 2.60. The van der Waals surface area contributed by atoms with E-state index in [4.69, 9.17) is 16.3 Å². The van der Waals surface area contributed by atoms with Gasteiger partial charge in [-0.1, -0.05) is 11.6 Å². The van der Waals surface area contributed by atoms with Crippen molar-refractivity contribution in [3.8, 4) is 5.75 Å². The predicted molar refractivity (Wildman–Crippen MR) is 94.6 cm³/mol. The molecule has 0 bridgehead atoms. The molecule has 136 valence electrons. The smallest absolute Gasteiger partial charge is 0.258 e. The monoisotopic (exact) mass is 366 g/mol. The maximum Gasteiger partial charge on any atom is 0.258 e. The molecule has 25 heavy (non-hydrogen) atoms. The molecule has 1 aromatic rings. The quantitative estimate of drug-likeness (QED) is 0.802. The number of ketones is 1. The molecule has 1 N–H and O–H groups in total. The van der Waals surface area contributed by atoms with Gasteiger partial charge in [0, 0.05) is 37.0 Å². The Labute approximate surface area is 152 Å². The molecule has 6 nitrogen and oxygen atoms in total. The van der Waals surface area contributed by atoms with Gasteiger partial charge in [0.05, 0.1) is 0 Å². The van der Waals surface area contributed by atoms with Crippen molar-refractivity contribution in [2.75, 3.05) is 19.7 Å². The normalized spacial score (nSPS) is 14.9. The summed E-state index contributed by atoms with van der Waals surface area (Å²) in [6.45, 7) is 2.62. The number of piperidine rings is 1. The molecule has 2 rings (SSSR count). The number of halogens is 1. The highest BCUT2D eigenvalue weighted by Crippen LogP contribution is 2.16. The highest BCUT2D eigenvalue weighted by molar-refractivity contribution is 6.30. The fourth-order valence-corrected chi connectivity index (χ4v) is 2.79. The van der Waals surface area contributed by atoms with E-state index in [0.29, 0.717) is 36.7 Å². The van der Waals surface area contributed by atoms with Gasteiger partial charge < -0.3 is 19.7 Å². The van der Waals surface area contributed by atoms with E-state index in [1.165, 1.54) is 6.92 Å². The third-order valence-electron chi connectivity index (χ3n) is 4.09. The molecule has 0 aromatic heterocycles. The van der Waals surface area contributed by atoms with E-state index in [1.807, 2.05) is 0 Å². The SMILES string of the molecule is CC(=O)CCC(=O)N1CCC(NC(=O)COc2ccc(Cl)cc2)CC1. The first-order valence-electron chi connectivity index (χ1n) is 8.39. The van der Waals surface area contributed by atoms with Gasteiger partial charge in [0.1, 0.15) is 11.5 Å². The number of hydrogen-bond donors (Lipinski definition) is 1. The van der Waals surface area contributed by atoms with Crippen molar-refractivity contribution < 1.29 is 19.1 Å². The molecular weight excluding hydrogens is 344 g/mol. The molecule has 0 saturated carbocycles. The van der Waals surface area contributed by atoms with Gasteiger partial charge in [0.15, 0.2) is 6.61 Å². The largest absolute Gasteiger partial charge is 0.484 e. The molecule has 1 aliphatic heterocycles. The minimum Gasteiger partial charge on any atom is -0.484 e. The Balaban J connectivity index is 1.67. The predicted octanol–water partition coefficient (Wildman–Crippen LogP) is 2.20. The molecule has 1 aromatic carbocycles. The maximum absolute atomic E-state index is 12.0. The van der Waals surface area contributed by atoms with Crippen molar-refractivity contribution in [2.24, 2.45) is 0 Å². The fraction of sp³-hybridized carbons (Fsp3) is 0.500. The summed E-state index contributed by atoms with van der Waals surface area (Å²) in [5.41, 5.74) is 0. The summed E-state index contributed by atoms with van der Waals surface area (Å²) < 4.78 is 5.41. The summed E-state index contributed by atoms with van der Waals surface area (Å²) in [6.07, 6.45) is 1.97. The number of nitrogens with one attached hydrogen (secondary N) is 1. The second-order valence-electron chi connectivity index (χ2n) is 6.17. The Kier molecular flexibility index (Phi) is 7.25. The number of hydrogen-bond acceptors (Lipinski definition) is 4. The van der Waals surface area contributed by atoms with Crippen LogP contribution in [0.5, 0.6) is 5.75 Å². The third kappa shape index (κ3) is 6.74. The first kappa shape index (κ1) is 19.2. The lowest BCUT2D eigenvalue weighted by Gasteiger charge is -2.32. The van der Waals surface area contributed by atoms with Crippen molar-refractivity contribution in [3.63, 3.8) is 0 Å². The van der Waals surface area contributed by atoms with Gasteiger partial charge in [-0.15, -0.1) is 0 Å². The summed E-state index contributed by atoms with van der Waals surface area (Å²) in [5, 5.41) is 3.54. The van der Waals surface area contributed by atoms with Crippen LogP contribution in [-0.4, -0.2) is 48.2 Å². The Bertz CT molecular complexity index is 610. The molecule has 1 heterocycles. The lowest BCUT2D eigenvalue weighted by atomic mass is 10.0. The topological polar surface area (TPSA) is 75.7 Å². The average molecular weight is 367 g/mol. The molecular formula is C18H23ClN2O4. The van der Waals surface area contributed by atoms with Crippen molar-refractivity contribution in [1.82, 2.24) is 10.2 Å². The van der Waals surface area contributed by atoms with Gasteiger partial charge in [-0.3, -0.25) is 9.59 Å². The molecule has 0 unspecified atom stereocenters. The van der Waals surface area contributed by atoms with E-state index in [0.717, 1.165) is 0 Å². The number of carbonyl (C=O) groups excluding carboxylic acids is 3. The van der Waals surface area contributed by atoms with Crippen LogP contribution < -0.4 is 10.1 Å². The van der Waals surface area contributed by atoms with Crippen LogP contribution in [0.25, 0.3) is 0 Å². The van der Waals surface area contributed by atoms with Crippen LogP contribution in [0.2, 0.25) is 5.02 Å². The third-order valence-corrected chi connectivity index (χ3v) is 4.34. The van der Waals surface area contributed by atoms with Gasteiger partial charge in [-0.05, 0) is 44.0 Å². The number of ether oxygens (including phenoxy) is 1. The lowest BCUT2D eigenvalue weighted by Crippen LogP contribution is -2.47. The highest BCUT2D eigenvalue weighted by Gasteiger charge is 2.23. The van der Waals surface area contributed by atoms with Crippen LogP contribution in [-0.2, 0) is 14.4 Å². The summed E-state index contributed by atoms with van der Waals surface area (Å²) >= 11 is 5.79. The van der Waals surface area contributed by atoms with Crippen LogP contribution >= 0.6 is 11.6 Å². The Morgan fingerprint density at radius 2 is 1.80 bits per heavy atom. The van der Waals surface area contributed by atoms with Crippen LogP contribution in [0, 0.1) is 0 Å². The number of benzene rings is 1. The van der Waals surface area contributed by atoms with E-state index in [9.17, 15) is 14.4 Å². The summed E-state index contributed by atoms with van der Waals surface area (Å²) in [4.78, 5) is 36.6. The first-order valence-corrected chi connectivity index (χ1v) is 8.77. The maximum atomic E-state index is 12.0. The fourth-order valence-electron chi connectivity index (χ4n) is 2.66. The van der Waals surface area contributed by atoms with E-state index < -0.39 is 0 Å². The lowest BCUT2D eigenvalue weighted by molar-refractivity contribution is -0.134. The van der Waals surface area contributed by atoms with E-state index >= 15 is 0 Å².